The van der Waals surface area contributed by atoms with Gasteiger partial charge in [-0.15, -0.1) is 0 Å². The summed E-state index contributed by atoms with van der Waals surface area (Å²) in [5.41, 5.74) is 11.9. The van der Waals surface area contributed by atoms with Crippen LogP contribution in [0.2, 0.25) is 0 Å². The van der Waals surface area contributed by atoms with E-state index < -0.39 is 150 Å². The first kappa shape index (κ1) is 64.6. The summed E-state index contributed by atoms with van der Waals surface area (Å²) in [5, 5.41) is 63.3. The van der Waals surface area contributed by atoms with E-state index in [4.69, 9.17) is 11.5 Å². The lowest BCUT2D eigenvalue weighted by molar-refractivity contribution is -0.143. The highest BCUT2D eigenvalue weighted by Crippen LogP contribution is 2.16. The number of benzene rings is 1. The smallest absolute Gasteiger partial charge is 0.326 e. The number of nitrogens with one attached hydrogen (secondary N) is 10. The summed E-state index contributed by atoms with van der Waals surface area (Å²) in [7, 11) is 0. The van der Waals surface area contributed by atoms with Gasteiger partial charge in [-0.25, -0.2) is 9.78 Å². The number of primary amides is 1. The number of H-pyrrole nitrogens is 1. The second-order valence-corrected chi connectivity index (χ2v) is 19.5. The molecule has 1 aromatic heterocycles. The van der Waals surface area contributed by atoms with Gasteiger partial charge < -0.3 is 84.7 Å². The number of aromatic nitrogens is 2. The van der Waals surface area contributed by atoms with Gasteiger partial charge in [-0.1, -0.05) is 52.7 Å². The number of phenols is 1. The Labute approximate surface area is 450 Å². The van der Waals surface area contributed by atoms with Gasteiger partial charge in [0.25, 0.3) is 0 Å². The third kappa shape index (κ3) is 21.0. The van der Waals surface area contributed by atoms with Gasteiger partial charge in [0, 0.05) is 24.7 Å². The third-order valence-corrected chi connectivity index (χ3v) is 13.3. The number of hydrogen-bond donors (Lipinski definition) is 16. The second kappa shape index (κ2) is 32.1. The lowest BCUT2D eigenvalue weighted by atomic mass is 9.96. The van der Waals surface area contributed by atoms with E-state index in [0.717, 1.165) is 6.92 Å². The van der Waals surface area contributed by atoms with E-state index in [1.165, 1.54) is 36.8 Å². The fraction of sp³-hybridized carbons (Fsp3) is 0.600. The quantitative estimate of drug-likeness (QED) is 0.0303. The molecule has 2 heterocycles. The molecule has 1 fully saturated rings. The Morgan fingerprint density at radius 3 is 1.65 bits per heavy atom. The summed E-state index contributed by atoms with van der Waals surface area (Å²) >= 11 is 0. The summed E-state index contributed by atoms with van der Waals surface area (Å²) in [4.78, 5) is 154. The number of carboxylic acid groups (broad SMARTS) is 2. The number of aliphatic hydroxyl groups excluding tert-OH is 1. The summed E-state index contributed by atoms with van der Waals surface area (Å²) in [6.45, 7) is 8.52. The van der Waals surface area contributed by atoms with Crippen LogP contribution in [0.4, 0.5) is 0 Å². The Morgan fingerprint density at radius 2 is 1.17 bits per heavy atom. The van der Waals surface area contributed by atoms with Crippen molar-refractivity contribution >= 4 is 65.1 Å². The van der Waals surface area contributed by atoms with E-state index in [0.29, 0.717) is 49.9 Å². The average molecular weight is 1100 g/mol. The molecule has 9 amide bonds. The molecule has 1 aliphatic rings. The Morgan fingerprint density at radius 1 is 0.654 bits per heavy atom. The molecule has 28 nitrogen and oxygen atoms in total. The highest BCUT2D eigenvalue weighted by atomic mass is 16.4. The minimum Gasteiger partial charge on any atom is -0.508 e. The zero-order valence-corrected chi connectivity index (χ0v) is 44.5. The van der Waals surface area contributed by atoms with Crippen LogP contribution < -0.4 is 59.3 Å². The molecule has 3 rings (SSSR count). The van der Waals surface area contributed by atoms with Crippen LogP contribution in [0.5, 0.6) is 5.75 Å². The van der Waals surface area contributed by atoms with Crippen LogP contribution in [0.25, 0.3) is 0 Å². The number of phenolic OH excluding ortho intramolecular Hbond substituents is 1. The Hall–Kier alpha value is -7.72. The maximum absolute atomic E-state index is 14.2. The summed E-state index contributed by atoms with van der Waals surface area (Å²) < 4.78 is 0. The molecule has 1 aromatic carbocycles. The predicted molar refractivity (Wildman–Crippen MR) is 278 cm³/mol. The molecule has 1 saturated heterocycles. The number of nitrogens with zero attached hydrogens (tertiary/aromatic N) is 1. The minimum absolute atomic E-state index is 0.111. The van der Waals surface area contributed by atoms with Gasteiger partial charge in [0.15, 0.2) is 0 Å². The van der Waals surface area contributed by atoms with Crippen molar-refractivity contribution in [2.75, 3.05) is 13.1 Å². The van der Waals surface area contributed by atoms with Crippen molar-refractivity contribution < 1.29 is 73.2 Å². The molecule has 0 radical (unpaired) electrons. The number of aliphatic hydroxyl groups is 1. The van der Waals surface area contributed by atoms with Gasteiger partial charge in [-0.05, 0) is 81.6 Å². The number of hydrogen-bond acceptors (Lipinski definition) is 16. The van der Waals surface area contributed by atoms with E-state index in [1.807, 2.05) is 0 Å². The number of aliphatic carboxylic acids is 2. The average Bonchev–Trinajstić information content (AvgIpc) is 4.13. The minimum atomic E-state index is -1.97. The van der Waals surface area contributed by atoms with Crippen molar-refractivity contribution in [1.82, 2.24) is 57.8 Å². The molecule has 28 heteroatoms. The Kier molecular flexibility index (Phi) is 26.6. The number of nitrogens with two attached hydrogens (primary N) is 2. The summed E-state index contributed by atoms with van der Waals surface area (Å²) in [6, 6.07) is -7.76. The number of unbranched alkanes of at least 4 members (excludes halogenated alkanes) is 1. The van der Waals surface area contributed by atoms with Gasteiger partial charge in [0.1, 0.15) is 54.1 Å². The monoisotopic (exact) mass is 1100 g/mol. The van der Waals surface area contributed by atoms with E-state index in [2.05, 4.69) is 57.8 Å². The number of aromatic hydroxyl groups is 1. The molecule has 12 atom stereocenters. The van der Waals surface area contributed by atoms with Crippen molar-refractivity contribution in [3.05, 3.63) is 48.0 Å². The molecule has 1 aliphatic heterocycles. The SMILES string of the molecule is CC[C@H](C)[C@H](NC(=O)[C@H](Cc1ccc(O)cc1)NC(=O)[C@@H](NC(=O)[C@H](CC(=O)O)NC(=O)[C@H](CCCCN)NC(=O)[C@@H](NC(=O)[C@H](CC(N)=O)NC(=O)[C@@H]1CCCN1)[C@@H](C)CC)[C@@H](C)O)C(=O)N[C@@H](Cc1cnc[nH]1)C(=O)O. The van der Waals surface area contributed by atoms with Crippen LogP contribution in [-0.4, -0.2) is 169 Å². The number of rotatable bonds is 34. The van der Waals surface area contributed by atoms with Gasteiger partial charge in [-0.2, -0.15) is 0 Å². The molecule has 18 N–H and O–H groups in total. The van der Waals surface area contributed by atoms with Crippen molar-refractivity contribution in [2.24, 2.45) is 23.3 Å². The maximum atomic E-state index is 14.2. The van der Waals surface area contributed by atoms with E-state index in [1.54, 1.807) is 27.7 Å². The first-order valence-electron chi connectivity index (χ1n) is 25.9. The molecule has 2 aromatic rings. The largest absolute Gasteiger partial charge is 0.508 e. The molecule has 432 valence electrons. The number of imidazole rings is 1. The lowest BCUT2D eigenvalue weighted by Gasteiger charge is -2.30. The second-order valence-electron chi connectivity index (χ2n) is 19.5. The Balaban J connectivity index is 1.89. The van der Waals surface area contributed by atoms with Crippen LogP contribution in [0.1, 0.15) is 104 Å². The lowest BCUT2D eigenvalue weighted by Crippen LogP contribution is -2.63. The summed E-state index contributed by atoms with van der Waals surface area (Å²) in [6.07, 6.45) is 1.08. The maximum Gasteiger partial charge on any atom is 0.326 e. The highest BCUT2D eigenvalue weighted by molar-refractivity contribution is 5.99. The highest BCUT2D eigenvalue weighted by Gasteiger charge is 2.38. The van der Waals surface area contributed by atoms with Crippen LogP contribution in [0.3, 0.4) is 0 Å². The third-order valence-electron chi connectivity index (χ3n) is 13.3. The molecule has 78 heavy (non-hydrogen) atoms. The first-order valence-corrected chi connectivity index (χ1v) is 25.9. The van der Waals surface area contributed by atoms with Gasteiger partial charge in [-0.3, -0.25) is 47.9 Å². The van der Waals surface area contributed by atoms with Crippen LogP contribution >= 0.6 is 0 Å². The fourth-order valence-electron chi connectivity index (χ4n) is 8.26. The number of amides is 9. The van der Waals surface area contributed by atoms with Crippen molar-refractivity contribution in [3.63, 3.8) is 0 Å². The van der Waals surface area contributed by atoms with Crippen molar-refractivity contribution in [3.8, 4) is 5.75 Å². The molecule has 0 unspecified atom stereocenters. The van der Waals surface area contributed by atoms with E-state index >= 15 is 0 Å². The van der Waals surface area contributed by atoms with Crippen LogP contribution in [-0.2, 0) is 65.6 Å². The molecule has 0 saturated carbocycles. The van der Waals surface area contributed by atoms with E-state index in [9.17, 15) is 73.2 Å². The predicted octanol–water partition coefficient (Wildman–Crippen LogP) is -3.43. The molecule has 0 bridgehead atoms. The molecular weight excluding hydrogens is 1020 g/mol. The van der Waals surface area contributed by atoms with Gasteiger partial charge >= 0.3 is 11.9 Å². The zero-order valence-electron chi connectivity index (χ0n) is 44.5. The number of carbonyl (C=O) groups is 11. The molecule has 0 aliphatic carbocycles. The Bertz CT molecular complexity index is 2370. The van der Waals surface area contributed by atoms with Gasteiger partial charge in [0.05, 0.1) is 31.3 Å². The molecular formula is C50H77N13O15. The zero-order chi connectivity index (χ0) is 58.2. The topological polar surface area (TPSA) is 458 Å². The van der Waals surface area contributed by atoms with Crippen LogP contribution in [0, 0.1) is 11.8 Å². The number of aromatic amines is 1. The standard InChI is InChI=1S/C50H77N13O15/c1-6-25(3)39(62-45(72)34(21-37(52)66)57-42(69)31-12-10-18-54-31)47(74)56-32(11-8-9-17-51)43(70)58-35(22-38(67)68)46(73)63-41(27(5)64)49(76)59-33(19-28-13-15-30(65)16-14-28)44(71)61-40(26(4)7-2)48(75)60-36(50(77)78)20-29-23-53-24-55-29/h13-16,23-27,31-36,39-41,54,64-65H,6-12,17-22,51H2,1-5H3,(H2,52,66)(H,53,55)(H,56,74)(H,57,69)(H,58,70)(H,59,76)(H,60,75)(H,61,71)(H,62,72)(H,63,73)(H,67,68)(H,77,78)/t25-,26-,27+,31-,32-,33-,34-,35-,36-,39-,40-,41-/m0/s1. The fourth-order valence-corrected chi connectivity index (χ4v) is 8.26. The first-order chi connectivity index (χ1) is 36.9. The number of carbonyl (C=O) groups excluding carboxylic acids is 9. The molecule has 0 spiro atoms. The van der Waals surface area contributed by atoms with Crippen molar-refractivity contribution in [2.45, 2.75) is 166 Å². The number of carboxylic acids is 2. The normalized spacial score (nSPS) is 17.3. The van der Waals surface area contributed by atoms with Crippen LogP contribution in [0.15, 0.2) is 36.8 Å². The van der Waals surface area contributed by atoms with Gasteiger partial charge in [0.2, 0.25) is 53.2 Å². The van der Waals surface area contributed by atoms with E-state index in [-0.39, 0.29) is 38.0 Å². The van der Waals surface area contributed by atoms with Crippen molar-refractivity contribution in [1.29, 1.82) is 0 Å². The summed E-state index contributed by atoms with van der Waals surface area (Å²) in [5.74, 6) is -13.0.